The van der Waals surface area contributed by atoms with Gasteiger partial charge in [-0.3, -0.25) is 4.79 Å². The molecule has 2 bridgehead atoms. The second-order valence-corrected chi connectivity index (χ2v) is 16.0. The molecule has 7 rings (SSSR count). The predicted molar refractivity (Wildman–Crippen MR) is 133 cm³/mol. The van der Waals surface area contributed by atoms with Crippen molar-refractivity contribution in [1.29, 1.82) is 0 Å². The Morgan fingerprint density at radius 2 is 1.61 bits per heavy atom. The van der Waals surface area contributed by atoms with Crippen molar-refractivity contribution in [3.05, 3.63) is 0 Å². The quantitative estimate of drug-likeness (QED) is 0.372. The number of fused-ring (bicyclic) bond motifs is 6. The molecule has 7 fully saturated rings. The van der Waals surface area contributed by atoms with Gasteiger partial charge in [-0.25, -0.2) is 0 Å². The molecule has 0 radical (unpaired) electrons. The van der Waals surface area contributed by atoms with E-state index < -0.39 is 23.2 Å². The summed E-state index contributed by atoms with van der Waals surface area (Å²) in [5.74, 6) is 0.504. The van der Waals surface area contributed by atoms with Gasteiger partial charge in [0, 0.05) is 16.7 Å². The van der Waals surface area contributed by atoms with Gasteiger partial charge in [-0.2, -0.15) is 0 Å². The van der Waals surface area contributed by atoms with Crippen LogP contribution >= 0.6 is 0 Å². The maximum atomic E-state index is 13.8. The van der Waals surface area contributed by atoms with Crippen LogP contribution < -0.4 is 0 Å². The van der Waals surface area contributed by atoms with Gasteiger partial charge in [-0.1, -0.05) is 41.5 Å². The lowest BCUT2D eigenvalue weighted by molar-refractivity contribution is -0.287. The minimum absolute atomic E-state index is 0.00648. The highest BCUT2D eigenvalue weighted by molar-refractivity contribution is 5.82. The highest BCUT2D eigenvalue weighted by Gasteiger charge is 2.89. The minimum Gasteiger partial charge on any atom is -0.455 e. The first kappa shape index (κ1) is 24.4. The molecule has 5 aliphatic carbocycles. The van der Waals surface area contributed by atoms with Crippen molar-refractivity contribution >= 4 is 5.97 Å². The molecular formula is C30H46O6. The molecule has 3 unspecified atom stereocenters. The van der Waals surface area contributed by atoms with E-state index in [9.17, 15) is 20.1 Å². The molecular weight excluding hydrogens is 456 g/mol. The first-order chi connectivity index (χ1) is 16.7. The number of carbonyl (C=O) groups is 1. The average Bonchev–Trinajstić information content (AvgIpc) is 3.55. The third kappa shape index (κ3) is 2.29. The normalized spacial score (nSPS) is 64.2. The highest BCUT2D eigenvalue weighted by Crippen LogP contribution is 2.83. The Balaban J connectivity index is 1.38. The molecule has 2 saturated heterocycles. The van der Waals surface area contributed by atoms with Crippen LogP contribution in [0.5, 0.6) is 0 Å². The van der Waals surface area contributed by atoms with Crippen molar-refractivity contribution < 1.29 is 29.6 Å². The molecule has 202 valence electrons. The summed E-state index contributed by atoms with van der Waals surface area (Å²) in [5, 5.41) is 32.6. The molecule has 0 aromatic carbocycles. The molecule has 1 spiro atoms. The molecule has 3 N–H and O–H groups in total. The summed E-state index contributed by atoms with van der Waals surface area (Å²) in [7, 11) is 0. The van der Waals surface area contributed by atoms with Crippen LogP contribution in [0.2, 0.25) is 0 Å². The number of hydrogen-bond donors (Lipinski definition) is 3. The fourth-order valence-corrected chi connectivity index (χ4v) is 12.3. The van der Waals surface area contributed by atoms with E-state index in [1.165, 1.54) is 0 Å². The zero-order valence-corrected chi connectivity index (χ0v) is 23.0. The monoisotopic (exact) mass is 502 g/mol. The van der Waals surface area contributed by atoms with Crippen molar-refractivity contribution in [2.45, 2.75) is 123 Å². The number of carbonyl (C=O) groups excluding carboxylic acids is 1. The van der Waals surface area contributed by atoms with Crippen LogP contribution in [0.1, 0.15) is 92.9 Å². The van der Waals surface area contributed by atoms with E-state index >= 15 is 0 Å². The Morgan fingerprint density at radius 3 is 2.31 bits per heavy atom. The lowest BCUT2D eigenvalue weighted by Crippen LogP contribution is -2.75. The van der Waals surface area contributed by atoms with Crippen LogP contribution in [0.4, 0.5) is 0 Å². The van der Waals surface area contributed by atoms with Gasteiger partial charge >= 0.3 is 5.97 Å². The Bertz CT molecular complexity index is 1030. The summed E-state index contributed by atoms with van der Waals surface area (Å²) in [6.07, 6.45) is 5.36. The van der Waals surface area contributed by atoms with Gasteiger partial charge in [-0.05, 0) is 79.4 Å². The van der Waals surface area contributed by atoms with Gasteiger partial charge in [0.15, 0.2) is 5.60 Å². The van der Waals surface area contributed by atoms with Crippen molar-refractivity contribution in [3.8, 4) is 0 Å². The Morgan fingerprint density at radius 1 is 0.917 bits per heavy atom. The van der Waals surface area contributed by atoms with Crippen LogP contribution in [0.15, 0.2) is 0 Å². The lowest BCUT2D eigenvalue weighted by Gasteiger charge is -2.72. The molecule has 13 atom stereocenters. The van der Waals surface area contributed by atoms with E-state index in [0.717, 1.165) is 44.9 Å². The zero-order chi connectivity index (χ0) is 25.9. The van der Waals surface area contributed by atoms with Gasteiger partial charge < -0.3 is 24.8 Å². The van der Waals surface area contributed by atoms with Crippen molar-refractivity contribution in [1.82, 2.24) is 0 Å². The number of rotatable bonds is 1. The maximum absolute atomic E-state index is 13.8. The number of ether oxygens (including phenoxy) is 2. The summed E-state index contributed by atoms with van der Waals surface area (Å²) in [4.78, 5) is 13.8. The fraction of sp³-hybridized carbons (Fsp3) is 0.967. The highest BCUT2D eigenvalue weighted by atomic mass is 16.6. The predicted octanol–water partition coefficient (Wildman–Crippen LogP) is 3.84. The first-order valence-corrected chi connectivity index (χ1v) is 14.5. The lowest BCUT2D eigenvalue weighted by atomic mass is 9.30. The van der Waals surface area contributed by atoms with Crippen LogP contribution in [0.3, 0.4) is 0 Å². The molecule has 7 aliphatic rings. The zero-order valence-electron chi connectivity index (χ0n) is 23.0. The summed E-state index contributed by atoms with van der Waals surface area (Å²) >= 11 is 0. The molecule has 0 amide bonds. The Hall–Kier alpha value is -0.690. The van der Waals surface area contributed by atoms with Crippen LogP contribution in [-0.2, 0) is 14.3 Å². The maximum Gasteiger partial charge on any atom is 0.313 e. The largest absolute Gasteiger partial charge is 0.455 e. The molecule has 0 aromatic rings. The van der Waals surface area contributed by atoms with Gasteiger partial charge in [0.2, 0.25) is 0 Å². The van der Waals surface area contributed by atoms with Gasteiger partial charge in [-0.15, -0.1) is 0 Å². The van der Waals surface area contributed by atoms with E-state index in [1.807, 2.05) is 6.92 Å². The van der Waals surface area contributed by atoms with Gasteiger partial charge in [0.05, 0.1) is 30.3 Å². The molecule has 5 saturated carbocycles. The molecule has 6 nitrogen and oxygen atoms in total. The number of aliphatic hydroxyl groups excluding tert-OH is 3. The SMILES string of the molecule is CC1(C)CC[C@@]23CC[C@]4(C)[C@@](OC2=O)(C3C1)[C@H]1O[C@H]1C1[C@@]2(C)C[C@@H](O)[C@H](O)[C@@](C)(CO)C2CC[C@]14C. The Kier molecular flexibility index (Phi) is 4.42. The van der Waals surface area contributed by atoms with E-state index in [2.05, 4.69) is 34.6 Å². The van der Waals surface area contributed by atoms with Crippen LogP contribution in [-0.4, -0.2) is 57.9 Å². The summed E-state index contributed by atoms with van der Waals surface area (Å²) in [6.45, 7) is 13.7. The van der Waals surface area contributed by atoms with Crippen molar-refractivity contribution in [2.75, 3.05) is 6.61 Å². The van der Waals surface area contributed by atoms with Crippen LogP contribution in [0.25, 0.3) is 0 Å². The standard InChI is InChI=1S/C30H46O6/c1-24(2)9-11-29-12-10-28(6)27(5)8-7-17-25(3,13-16(32)21(33)26(17,4)15-31)20(27)19-22(35-19)30(28,18(29)14-24)36-23(29)34/h16-22,31-33H,7-15H2,1-6H3/t16-,17?,18?,19+,20?,21+,22+,25+,26+,27-,28+,29+,30-/m1/s1. The first-order valence-electron chi connectivity index (χ1n) is 14.5. The summed E-state index contributed by atoms with van der Waals surface area (Å²) < 4.78 is 13.5. The van der Waals surface area contributed by atoms with E-state index in [4.69, 9.17) is 9.47 Å². The third-order valence-corrected chi connectivity index (χ3v) is 14.3. The number of aliphatic hydroxyl groups is 3. The molecule has 0 aromatic heterocycles. The minimum atomic E-state index is -0.929. The van der Waals surface area contributed by atoms with Crippen LogP contribution in [0, 0.1) is 50.2 Å². The Labute approximate surface area is 215 Å². The topological polar surface area (TPSA) is 99.5 Å². The number of hydrogen-bond acceptors (Lipinski definition) is 6. The molecule has 2 heterocycles. The second kappa shape index (κ2) is 6.54. The summed E-state index contributed by atoms with van der Waals surface area (Å²) in [6, 6.07) is 0. The van der Waals surface area contributed by atoms with E-state index in [0.29, 0.717) is 6.42 Å². The van der Waals surface area contributed by atoms with Gasteiger partial charge in [0.1, 0.15) is 6.10 Å². The molecule has 6 heteroatoms. The van der Waals surface area contributed by atoms with E-state index in [1.54, 1.807) is 0 Å². The fourth-order valence-electron chi connectivity index (χ4n) is 12.3. The average molecular weight is 503 g/mol. The smallest absolute Gasteiger partial charge is 0.313 e. The molecule has 2 aliphatic heterocycles. The van der Waals surface area contributed by atoms with Gasteiger partial charge in [0.25, 0.3) is 0 Å². The van der Waals surface area contributed by atoms with E-state index in [-0.39, 0.29) is 69.6 Å². The second-order valence-electron chi connectivity index (χ2n) is 16.0. The number of epoxide rings is 1. The molecule has 36 heavy (non-hydrogen) atoms. The van der Waals surface area contributed by atoms with Crippen molar-refractivity contribution in [2.24, 2.45) is 50.2 Å². The number of esters is 1. The third-order valence-electron chi connectivity index (χ3n) is 14.3. The summed E-state index contributed by atoms with van der Waals surface area (Å²) in [5.41, 5.74) is -2.12. The van der Waals surface area contributed by atoms with Crippen molar-refractivity contribution in [3.63, 3.8) is 0 Å².